The first-order chi connectivity index (χ1) is 17.9. The van der Waals surface area contributed by atoms with E-state index in [-0.39, 0.29) is 0 Å². The Bertz CT molecular complexity index is 1810. The van der Waals surface area contributed by atoms with E-state index in [4.69, 9.17) is 0 Å². The van der Waals surface area contributed by atoms with E-state index in [1.165, 1.54) is 65.7 Å². The molecule has 1 nitrogen and oxygen atoms in total. The Kier molecular flexibility index (Phi) is 4.85. The molecule has 0 aliphatic carbocycles. The Morgan fingerprint density at radius 3 is 1.69 bits per heavy atom. The molecule has 6 aromatic carbocycles. The lowest BCUT2D eigenvalue weighted by atomic mass is 9.86. The molecule has 1 heteroatoms. The van der Waals surface area contributed by atoms with Gasteiger partial charge in [0.1, 0.15) is 0 Å². The van der Waals surface area contributed by atoms with Crippen molar-refractivity contribution in [3.05, 3.63) is 140 Å². The van der Waals surface area contributed by atoms with Crippen LogP contribution in [0.25, 0.3) is 65.7 Å². The molecule has 0 saturated carbocycles. The van der Waals surface area contributed by atoms with Crippen molar-refractivity contribution >= 4 is 32.3 Å². The summed E-state index contributed by atoms with van der Waals surface area (Å²) in [5.41, 5.74) is 7.38. The van der Waals surface area contributed by atoms with Gasteiger partial charge in [0.05, 0.1) is 0 Å². The van der Waals surface area contributed by atoms with E-state index in [0.29, 0.717) is 0 Å². The first kappa shape index (κ1) is 20.6. The molecule has 7 rings (SSSR count). The average molecular weight is 458 g/mol. The van der Waals surface area contributed by atoms with Gasteiger partial charge in [-0.15, -0.1) is 0 Å². The minimum Gasteiger partial charge on any atom is -0.264 e. The molecule has 0 aliphatic heterocycles. The van der Waals surface area contributed by atoms with Crippen LogP contribution in [0.1, 0.15) is 0 Å². The van der Waals surface area contributed by atoms with Gasteiger partial charge in [-0.2, -0.15) is 0 Å². The number of nitrogens with zero attached hydrogens (tertiary/aromatic N) is 1. The predicted molar refractivity (Wildman–Crippen MR) is 153 cm³/mol. The second-order valence-electron chi connectivity index (χ2n) is 9.22. The van der Waals surface area contributed by atoms with Crippen molar-refractivity contribution in [1.82, 2.24) is 4.98 Å². The Balaban J connectivity index is 1.44. The van der Waals surface area contributed by atoms with Crippen molar-refractivity contribution in [2.45, 2.75) is 0 Å². The zero-order chi connectivity index (χ0) is 23.9. The van der Waals surface area contributed by atoms with Gasteiger partial charge in [-0.25, -0.2) is 0 Å². The lowest BCUT2D eigenvalue weighted by molar-refractivity contribution is 1.37. The highest BCUT2D eigenvalue weighted by atomic mass is 14.6. The second kappa shape index (κ2) is 8.48. The maximum absolute atomic E-state index is 4.53. The summed E-state index contributed by atoms with van der Waals surface area (Å²) >= 11 is 0. The molecule has 0 atom stereocenters. The quantitative estimate of drug-likeness (QED) is 0.241. The van der Waals surface area contributed by atoms with Crippen LogP contribution in [-0.4, -0.2) is 4.98 Å². The summed E-state index contributed by atoms with van der Waals surface area (Å²) in [5.74, 6) is 0. The van der Waals surface area contributed by atoms with Gasteiger partial charge < -0.3 is 0 Å². The van der Waals surface area contributed by atoms with Crippen molar-refractivity contribution in [1.29, 1.82) is 0 Å². The Morgan fingerprint density at radius 1 is 0.361 bits per heavy atom. The number of aromatic nitrogens is 1. The van der Waals surface area contributed by atoms with Crippen LogP contribution in [0.4, 0.5) is 0 Å². The zero-order valence-corrected chi connectivity index (χ0v) is 19.7. The van der Waals surface area contributed by atoms with Gasteiger partial charge >= 0.3 is 0 Å². The highest BCUT2D eigenvalue weighted by Gasteiger charge is 2.16. The first-order valence-electron chi connectivity index (χ1n) is 12.3. The second-order valence-corrected chi connectivity index (χ2v) is 9.22. The average Bonchev–Trinajstić information content (AvgIpc) is 2.96. The topological polar surface area (TPSA) is 12.9 Å². The molecule has 0 unspecified atom stereocenters. The molecule has 36 heavy (non-hydrogen) atoms. The van der Waals surface area contributed by atoms with Gasteiger partial charge in [-0.05, 0) is 72.4 Å². The molecular formula is C35H23N. The number of benzene rings is 6. The van der Waals surface area contributed by atoms with Crippen LogP contribution in [0.15, 0.2) is 140 Å². The molecule has 0 fully saturated rings. The molecule has 0 radical (unpaired) electrons. The molecule has 0 aliphatic rings. The summed E-state index contributed by atoms with van der Waals surface area (Å²) in [6.07, 6.45) is 3.91. The lowest BCUT2D eigenvalue weighted by Gasteiger charge is -2.17. The van der Waals surface area contributed by atoms with E-state index >= 15 is 0 Å². The van der Waals surface area contributed by atoms with Crippen molar-refractivity contribution in [2.24, 2.45) is 0 Å². The van der Waals surface area contributed by atoms with Gasteiger partial charge in [0.25, 0.3) is 0 Å². The van der Waals surface area contributed by atoms with Gasteiger partial charge in [0.15, 0.2) is 0 Å². The number of hydrogen-bond donors (Lipinski definition) is 0. The number of fused-ring (bicyclic) bond motifs is 3. The van der Waals surface area contributed by atoms with Crippen LogP contribution in [0.3, 0.4) is 0 Å². The fourth-order valence-corrected chi connectivity index (χ4v) is 5.45. The molecule has 0 N–H and O–H groups in total. The minimum atomic E-state index is 1.17. The summed E-state index contributed by atoms with van der Waals surface area (Å²) < 4.78 is 0. The predicted octanol–water partition coefficient (Wildman–Crippen LogP) is 9.54. The Labute approximate surface area is 210 Å². The maximum atomic E-state index is 4.53. The standard InChI is InChI=1S/C35H23N/c1-2-9-26(10-3-1)34-30-12-6-7-13-31(30)35(33-23-36-21-20-32(33)34)27-17-14-25(15-18-27)29-19-16-24-8-4-5-11-28(24)22-29/h1-23H. The summed E-state index contributed by atoms with van der Waals surface area (Å²) in [5, 5.41) is 7.43. The zero-order valence-electron chi connectivity index (χ0n) is 19.7. The molecule has 1 aromatic heterocycles. The molecule has 1 heterocycles. The first-order valence-corrected chi connectivity index (χ1v) is 12.3. The van der Waals surface area contributed by atoms with Crippen molar-refractivity contribution in [3.63, 3.8) is 0 Å². The Morgan fingerprint density at radius 2 is 0.917 bits per heavy atom. The molecule has 7 aromatic rings. The fraction of sp³-hybridized carbons (Fsp3) is 0. The molecule has 0 saturated heterocycles. The normalized spacial score (nSPS) is 11.3. The smallest absolute Gasteiger partial charge is 0.0353 e. The molecule has 0 bridgehead atoms. The van der Waals surface area contributed by atoms with Gasteiger partial charge in [0, 0.05) is 17.8 Å². The van der Waals surface area contributed by atoms with Crippen LogP contribution in [-0.2, 0) is 0 Å². The molecular weight excluding hydrogens is 434 g/mol. The SMILES string of the molecule is c1ccc(-c2c3ccccc3c(-c3ccc(-c4ccc5ccccc5c4)cc3)c3cnccc23)cc1. The van der Waals surface area contributed by atoms with Gasteiger partial charge in [-0.1, -0.05) is 115 Å². The van der Waals surface area contributed by atoms with Crippen molar-refractivity contribution in [3.8, 4) is 33.4 Å². The van der Waals surface area contributed by atoms with Gasteiger partial charge in [-0.3, -0.25) is 4.98 Å². The molecule has 168 valence electrons. The van der Waals surface area contributed by atoms with E-state index in [0.717, 1.165) is 0 Å². The minimum absolute atomic E-state index is 1.17. The summed E-state index contributed by atoms with van der Waals surface area (Å²) in [7, 11) is 0. The number of hydrogen-bond acceptors (Lipinski definition) is 1. The van der Waals surface area contributed by atoms with Crippen LogP contribution < -0.4 is 0 Å². The monoisotopic (exact) mass is 457 g/mol. The van der Waals surface area contributed by atoms with Gasteiger partial charge in [0.2, 0.25) is 0 Å². The molecule has 0 spiro atoms. The maximum Gasteiger partial charge on any atom is 0.0353 e. The van der Waals surface area contributed by atoms with E-state index in [1.807, 2.05) is 12.4 Å². The third-order valence-electron chi connectivity index (χ3n) is 7.14. The van der Waals surface area contributed by atoms with Crippen LogP contribution in [0, 0.1) is 0 Å². The summed E-state index contributed by atoms with van der Waals surface area (Å²) in [6.45, 7) is 0. The van der Waals surface area contributed by atoms with E-state index < -0.39 is 0 Å². The third kappa shape index (κ3) is 3.37. The van der Waals surface area contributed by atoms with Crippen LogP contribution in [0.5, 0.6) is 0 Å². The van der Waals surface area contributed by atoms with Crippen LogP contribution >= 0.6 is 0 Å². The lowest BCUT2D eigenvalue weighted by Crippen LogP contribution is -1.91. The van der Waals surface area contributed by atoms with Crippen molar-refractivity contribution in [2.75, 3.05) is 0 Å². The highest BCUT2D eigenvalue weighted by molar-refractivity contribution is 6.21. The largest absolute Gasteiger partial charge is 0.264 e. The summed E-state index contributed by atoms with van der Waals surface area (Å²) in [4.78, 5) is 4.53. The van der Waals surface area contributed by atoms with Crippen molar-refractivity contribution < 1.29 is 0 Å². The van der Waals surface area contributed by atoms with E-state index in [1.54, 1.807) is 0 Å². The number of rotatable bonds is 3. The third-order valence-corrected chi connectivity index (χ3v) is 7.14. The van der Waals surface area contributed by atoms with Crippen LogP contribution in [0.2, 0.25) is 0 Å². The highest BCUT2D eigenvalue weighted by Crippen LogP contribution is 2.43. The summed E-state index contributed by atoms with van der Waals surface area (Å²) in [6, 6.07) is 45.7. The van der Waals surface area contributed by atoms with E-state index in [9.17, 15) is 0 Å². The Hall–Kier alpha value is -4.75. The fourth-order valence-electron chi connectivity index (χ4n) is 5.45. The number of pyridine rings is 1. The van der Waals surface area contributed by atoms with E-state index in [2.05, 4.69) is 132 Å². The molecule has 0 amide bonds.